The number of H-pyrrole nitrogens is 1. The monoisotopic (exact) mass is 341 g/mol. The number of aromatic nitrogens is 1. The van der Waals surface area contributed by atoms with Crippen LogP contribution in [0.1, 0.15) is 25.3 Å². The molecular formula is C20H27N3O2. The van der Waals surface area contributed by atoms with Gasteiger partial charge in [-0.25, -0.2) is 0 Å². The highest BCUT2D eigenvalue weighted by atomic mass is 16.5. The summed E-state index contributed by atoms with van der Waals surface area (Å²) in [6.45, 7) is 5.50. The third kappa shape index (κ3) is 2.96. The summed E-state index contributed by atoms with van der Waals surface area (Å²) in [5.74, 6) is 0.0971. The molecule has 2 fully saturated rings. The Kier molecular flexibility index (Phi) is 4.29. The molecule has 5 nitrogen and oxygen atoms in total. The second kappa shape index (κ2) is 6.46. The molecule has 0 bridgehead atoms. The molecule has 1 amide bonds. The van der Waals surface area contributed by atoms with E-state index < -0.39 is 0 Å². The summed E-state index contributed by atoms with van der Waals surface area (Å²) in [6, 6.07) is 8.65. The topological polar surface area (TPSA) is 48.6 Å². The first-order valence-electron chi connectivity index (χ1n) is 9.26. The van der Waals surface area contributed by atoms with E-state index in [0.29, 0.717) is 0 Å². The van der Waals surface area contributed by atoms with E-state index in [2.05, 4.69) is 47.3 Å². The number of nitrogens with one attached hydrogen (secondary N) is 1. The fourth-order valence-corrected chi connectivity index (χ4v) is 4.33. The van der Waals surface area contributed by atoms with Crippen molar-refractivity contribution in [3.63, 3.8) is 0 Å². The van der Waals surface area contributed by atoms with E-state index in [1.165, 1.54) is 16.5 Å². The fourth-order valence-electron chi connectivity index (χ4n) is 4.33. The van der Waals surface area contributed by atoms with Crippen molar-refractivity contribution in [2.75, 3.05) is 33.3 Å². The smallest absolute Gasteiger partial charge is 0.248 e. The summed E-state index contributed by atoms with van der Waals surface area (Å²) < 4.78 is 6.03. The van der Waals surface area contributed by atoms with Crippen molar-refractivity contribution in [1.29, 1.82) is 0 Å². The summed E-state index contributed by atoms with van der Waals surface area (Å²) in [7, 11) is 1.90. The maximum Gasteiger partial charge on any atom is 0.248 e. The van der Waals surface area contributed by atoms with E-state index in [4.69, 9.17) is 4.74 Å². The van der Waals surface area contributed by atoms with Crippen molar-refractivity contribution in [1.82, 2.24) is 14.8 Å². The van der Waals surface area contributed by atoms with Crippen molar-refractivity contribution >= 4 is 16.8 Å². The van der Waals surface area contributed by atoms with Gasteiger partial charge in [0.25, 0.3) is 0 Å². The number of piperidine rings is 1. The van der Waals surface area contributed by atoms with Crippen LogP contribution >= 0.6 is 0 Å². The largest absolute Gasteiger partial charge is 0.363 e. The molecule has 3 heterocycles. The fraction of sp³-hybridized carbons (Fsp3) is 0.550. The Morgan fingerprint density at radius 3 is 2.84 bits per heavy atom. The number of nitrogens with zero attached hydrogens (tertiary/aromatic N) is 2. The number of likely N-dealkylation sites (N-methyl/N-ethyl adjacent to an activating group) is 1. The van der Waals surface area contributed by atoms with Gasteiger partial charge in [-0.15, -0.1) is 0 Å². The van der Waals surface area contributed by atoms with E-state index in [9.17, 15) is 4.79 Å². The number of rotatable bonds is 3. The molecule has 2 saturated heterocycles. The predicted molar refractivity (Wildman–Crippen MR) is 98.6 cm³/mol. The second-order valence-corrected chi connectivity index (χ2v) is 7.49. The lowest BCUT2D eigenvalue weighted by atomic mass is 9.83. The van der Waals surface area contributed by atoms with Gasteiger partial charge in [0, 0.05) is 43.8 Å². The maximum absolute atomic E-state index is 11.8. The van der Waals surface area contributed by atoms with Gasteiger partial charge in [-0.2, -0.15) is 0 Å². The number of ether oxygens (including phenoxy) is 1. The van der Waals surface area contributed by atoms with E-state index >= 15 is 0 Å². The van der Waals surface area contributed by atoms with Crippen LogP contribution < -0.4 is 0 Å². The SMILES string of the molecule is CC1N(C)C(=O)COC12CCN(CCc1c[nH]c3ccccc13)CC2. The Bertz CT molecular complexity index is 761. The zero-order valence-electron chi connectivity index (χ0n) is 15.1. The van der Waals surface area contributed by atoms with Crippen molar-refractivity contribution < 1.29 is 9.53 Å². The van der Waals surface area contributed by atoms with Crippen LogP contribution in [-0.4, -0.2) is 65.6 Å². The summed E-state index contributed by atoms with van der Waals surface area (Å²) in [5.41, 5.74) is 2.45. The van der Waals surface area contributed by atoms with Crippen LogP contribution in [0, 0.1) is 0 Å². The van der Waals surface area contributed by atoms with Gasteiger partial charge in [0.1, 0.15) is 6.61 Å². The lowest BCUT2D eigenvalue weighted by Crippen LogP contribution is -2.62. The molecule has 0 aliphatic carbocycles. The number of aromatic amines is 1. The highest BCUT2D eigenvalue weighted by molar-refractivity contribution is 5.83. The van der Waals surface area contributed by atoms with E-state index in [1.807, 2.05) is 11.9 Å². The number of benzene rings is 1. The van der Waals surface area contributed by atoms with Crippen LogP contribution in [0.2, 0.25) is 0 Å². The summed E-state index contributed by atoms with van der Waals surface area (Å²) in [5, 5.41) is 1.33. The predicted octanol–water partition coefficient (Wildman–Crippen LogP) is 2.42. The molecule has 0 radical (unpaired) electrons. The Morgan fingerprint density at radius 1 is 1.28 bits per heavy atom. The molecule has 1 aromatic heterocycles. The third-order valence-electron chi connectivity index (χ3n) is 6.29. The van der Waals surface area contributed by atoms with Gasteiger partial charge in [0.05, 0.1) is 11.6 Å². The minimum Gasteiger partial charge on any atom is -0.363 e. The Labute approximate surface area is 148 Å². The average Bonchev–Trinajstić information content (AvgIpc) is 3.06. The second-order valence-electron chi connectivity index (χ2n) is 7.49. The van der Waals surface area contributed by atoms with Crippen LogP contribution in [-0.2, 0) is 16.0 Å². The minimum absolute atomic E-state index is 0.0971. The normalized spacial score (nSPS) is 24.3. The molecule has 1 N–H and O–H groups in total. The lowest BCUT2D eigenvalue weighted by molar-refractivity contribution is -0.183. The zero-order valence-corrected chi connectivity index (χ0v) is 15.1. The van der Waals surface area contributed by atoms with Crippen LogP contribution in [0.5, 0.6) is 0 Å². The third-order valence-corrected chi connectivity index (χ3v) is 6.29. The molecule has 1 unspecified atom stereocenters. The van der Waals surface area contributed by atoms with Gasteiger partial charge in [-0.05, 0) is 37.8 Å². The van der Waals surface area contributed by atoms with E-state index in [1.54, 1.807) is 0 Å². The number of morpholine rings is 1. The van der Waals surface area contributed by atoms with Crippen molar-refractivity contribution in [3.05, 3.63) is 36.0 Å². The number of para-hydroxylation sites is 1. The van der Waals surface area contributed by atoms with Crippen LogP contribution in [0.15, 0.2) is 30.5 Å². The number of fused-ring (bicyclic) bond motifs is 1. The lowest BCUT2D eigenvalue weighted by Gasteiger charge is -2.50. The minimum atomic E-state index is -0.153. The molecule has 0 saturated carbocycles. The molecule has 1 aromatic carbocycles. The number of amides is 1. The highest BCUT2D eigenvalue weighted by Gasteiger charge is 2.46. The van der Waals surface area contributed by atoms with Gasteiger partial charge in [0.15, 0.2) is 0 Å². The maximum atomic E-state index is 11.8. The van der Waals surface area contributed by atoms with Crippen molar-refractivity contribution in [2.45, 2.75) is 37.8 Å². The summed E-state index contributed by atoms with van der Waals surface area (Å²) in [4.78, 5) is 19.6. The van der Waals surface area contributed by atoms with Gasteiger partial charge in [-0.3, -0.25) is 4.79 Å². The molecule has 5 heteroatoms. The first-order valence-corrected chi connectivity index (χ1v) is 9.26. The molecule has 2 aromatic rings. The van der Waals surface area contributed by atoms with Gasteiger partial charge < -0.3 is 19.5 Å². The number of hydrogen-bond acceptors (Lipinski definition) is 3. The van der Waals surface area contributed by atoms with E-state index in [-0.39, 0.29) is 24.2 Å². The molecule has 2 aliphatic heterocycles. The highest BCUT2D eigenvalue weighted by Crippen LogP contribution is 2.35. The van der Waals surface area contributed by atoms with Crippen LogP contribution in [0.4, 0.5) is 0 Å². The molecule has 134 valence electrons. The molecule has 1 atom stereocenters. The standard InChI is InChI=1S/C20H27N3O2/c1-15-20(25-14-19(24)22(15)2)8-11-23(12-9-20)10-7-16-13-21-18-6-4-3-5-17(16)18/h3-6,13,15,21H,7-12,14H2,1-2H3. The van der Waals surface area contributed by atoms with Crippen molar-refractivity contribution in [2.24, 2.45) is 0 Å². The van der Waals surface area contributed by atoms with E-state index in [0.717, 1.165) is 38.9 Å². The Balaban J connectivity index is 1.35. The Morgan fingerprint density at radius 2 is 2.04 bits per heavy atom. The van der Waals surface area contributed by atoms with Crippen LogP contribution in [0.3, 0.4) is 0 Å². The first-order chi connectivity index (χ1) is 12.1. The summed E-state index contributed by atoms with van der Waals surface area (Å²) >= 11 is 0. The quantitative estimate of drug-likeness (QED) is 0.933. The van der Waals surface area contributed by atoms with Gasteiger partial charge >= 0.3 is 0 Å². The molecular weight excluding hydrogens is 314 g/mol. The Hall–Kier alpha value is -1.85. The number of carbonyl (C=O) groups excluding carboxylic acids is 1. The first kappa shape index (κ1) is 16.6. The van der Waals surface area contributed by atoms with Gasteiger partial charge in [-0.1, -0.05) is 18.2 Å². The van der Waals surface area contributed by atoms with Crippen molar-refractivity contribution in [3.8, 4) is 0 Å². The molecule has 4 rings (SSSR count). The molecule has 2 aliphatic rings. The zero-order chi connectivity index (χ0) is 17.4. The molecule has 1 spiro atoms. The van der Waals surface area contributed by atoms with Crippen LogP contribution in [0.25, 0.3) is 10.9 Å². The average molecular weight is 341 g/mol. The number of carbonyl (C=O) groups is 1. The molecule has 25 heavy (non-hydrogen) atoms. The number of likely N-dealkylation sites (tertiary alicyclic amines) is 1. The summed E-state index contributed by atoms with van der Waals surface area (Å²) in [6.07, 6.45) is 5.20. The number of hydrogen-bond donors (Lipinski definition) is 1. The van der Waals surface area contributed by atoms with Gasteiger partial charge in [0.2, 0.25) is 5.91 Å².